The van der Waals surface area contributed by atoms with Crippen LogP contribution in [0.15, 0.2) is 18.2 Å². The van der Waals surface area contributed by atoms with Gasteiger partial charge in [-0.1, -0.05) is 29.6 Å². The lowest BCUT2D eigenvalue weighted by Crippen LogP contribution is -2.35. The van der Waals surface area contributed by atoms with Gasteiger partial charge in [-0.25, -0.2) is 0 Å². The molecule has 0 bridgehead atoms. The summed E-state index contributed by atoms with van der Waals surface area (Å²) in [6, 6.07) is 5.42. The number of benzene rings is 1. The van der Waals surface area contributed by atoms with Crippen molar-refractivity contribution in [1.29, 1.82) is 0 Å². The molecule has 4 nitrogen and oxygen atoms in total. The number of nitrogens with two attached hydrogens (primary N) is 1. The molecule has 6 heteroatoms. The van der Waals surface area contributed by atoms with E-state index in [0.717, 1.165) is 32.2 Å². The Bertz CT molecular complexity index is 582. The first kappa shape index (κ1) is 16.9. The number of hydrogen-bond acceptors (Lipinski definition) is 3. The Morgan fingerprint density at radius 1 is 1.26 bits per heavy atom. The third-order valence-electron chi connectivity index (χ3n) is 4.85. The molecule has 1 aliphatic heterocycles. The molecule has 0 spiro atoms. The zero-order valence-electron chi connectivity index (χ0n) is 13.0. The van der Waals surface area contributed by atoms with E-state index in [-0.39, 0.29) is 18.1 Å². The SMILES string of the molecule is N[C@@H]1CCC[C@H]1CC(=O)N1CCC(Oc2ccc(Cl)c(Cl)c2)C1. The number of hydrogen-bond donors (Lipinski definition) is 1. The van der Waals surface area contributed by atoms with Gasteiger partial charge in [0, 0.05) is 31.5 Å². The molecule has 1 unspecified atom stereocenters. The van der Waals surface area contributed by atoms with Gasteiger partial charge in [0.25, 0.3) is 0 Å². The summed E-state index contributed by atoms with van der Waals surface area (Å²) in [4.78, 5) is 14.3. The van der Waals surface area contributed by atoms with Crippen molar-refractivity contribution in [3.05, 3.63) is 28.2 Å². The van der Waals surface area contributed by atoms with Gasteiger partial charge in [-0.2, -0.15) is 0 Å². The summed E-state index contributed by atoms with van der Waals surface area (Å²) < 4.78 is 5.92. The molecule has 0 aromatic heterocycles. The van der Waals surface area contributed by atoms with Crippen molar-refractivity contribution in [1.82, 2.24) is 4.90 Å². The first-order valence-electron chi connectivity index (χ1n) is 8.18. The molecule has 2 fully saturated rings. The summed E-state index contributed by atoms with van der Waals surface area (Å²) in [5.41, 5.74) is 6.06. The number of carbonyl (C=O) groups is 1. The minimum atomic E-state index is 0.00782. The second-order valence-electron chi connectivity index (χ2n) is 6.50. The number of rotatable bonds is 4. The van der Waals surface area contributed by atoms with Crippen molar-refractivity contribution in [2.24, 2.45) is 11.7 Å². The maximum Gasteiger partial charge on any atom is 0.223 e. The van der Waals surface area contributed by atoms with E-state index >= 15 is 0 Å². The molecule has 1 aromatic carbocycles. The lowest BCUT2D eigenvalue weighted by Gasteiger charge is -2.21. The third kappa shape index (κ3) is 4.11. The summed E-state index contributed by atoms with van der Waals surface area (Å²) in [6.45, 7) is 1.37. The molecule has 1 saturated heterocycles. The molecule has 126 valence electrons. The van der Waals surface area contributed by atoms with E-state index < -0.39 is 0 Å². The Labute approximate surface area is 146 Å². The summed E-state index contributed by atoms with van der Waals surface area (Å²) >= 11 is 11.9. The predicted octanol–water partition coefficient (Wildman–Crippen LogP) is 3.49. The van der Waals surface area contributed by atoms with Gasteiger partial charge in [-0.15, -0.1) is 0 Å². The molecule has 1 aromatic rings. The van der Waals surface area contributed by atoms with Crippen LogP contribution < -0.4 is 10.5 Å². The van der Waals surface area contributed by atoms with Crippen molar-refractivity contribution in [3.63, 3.8) is 0 Å². The monoisotopic (exact) mass is 356 g/mol. The van der Waals surface area contributed by atoms with Gasteiger partial charge >= 0.3 is 0 Å². The molecule has 1 aliphatic carbocycles. The Kier molecular flexibility index (Phi) is 5.34. The molecule has 3 rings (SSSR count). The van der Waals surface area contributed by atoms with Gasteiger partial charge in [0.05, 0.1) is 16.6 Å². The topological polar surface area (TPSA) is 55.6 Å². The molecule has 1 saturated carbocycles. The minimum absolute atomic E-state index is 0.00782. The molecule has 0 radical (unpaired) electrons. The Balaban J connectivity index is 1.51. The fourth-order valence-electron chi connectivity index (χ4n) is 3.47. The van der Waals surface area contributed by atoms with Crippen LogP contribution in [0.4, 0.5) is 0 Å². The second-order valence-corrected chi connectivity index (χ2v) is 7.32. The van der Waals surface area contributed by atoms with E-state index in [1.54, 1.807) is 18.2 Å². The van der Waals surface area contributed by atoms with Gasteiger partial charge in [-0.05, 0) is 30.9 Å². The zero-order chi connectivity index (χ0) is 16.4. The summed E-state index contributed by atoms with van der Waals surface area (Å²) in [7, 11) is 0. The van der Waals surface area contributed by atoms with Crippen LogP contribution in [0.3, 0.4) is 0 Å². The lowest BCUT2D eigenvalue weighted by atomic mass is 9.99. The fraction of sp³-hybridized carbons (Fsp3) is 0.588. The molecule has 1 heterocycles. The first-order chi connectivity index (χ1) is 11.0. The van der Waals surface area contributed by atoms with Crippen LogP contribution in [0.1, 0.15) is 32.1 Å². The highest BCUT2D eigenvalue weighted by molar-refractivity contribution is 6.42. The number of carbonyl (C=O) groups excluding carboxylic acids is 1. The molecule has 1 amide bonds. The van der Waals surface area contributed by atoms with Crippen molar-refractivity contribution in [2.45, 2.75) is 44.2 Å². The van der Waals surface area contributed by atoms with E-state index in [1.807, 2.05) is 4.90 Å². The largest absolute Gasteiger partial charge is 0.488 e. The van der Waals surface area contributed by atoms with Gasteiger partial charge in [0.1, 0.15) is 11.9 Å². The predicted molar refractivity (Wildman–Crippen MR) is 92.0 cm³/mol. The number of halogens is 2. The maximum atomic E-state index is 12.4. The first-order valence-corrected chi connectivity index (χ1v) is 8.93. The summed E-state index contributed by atoms with van der Waals surface area (Å²) in [6.07, 6.45) is 4.67. The smallest absolute Gasteiger partial charge is 0.223 e. The Morgan fingerprint density at radius 3 is 2.78 bits per heavy atom. The van der Waals surface area contributed by atoms with Gasteiger partial charge in [-0.3, -0.25) is 4.79 Å². The fourth-order valence-corrected chi connectivity index (χ4v) is 3.75. The molecular weight excluding hydrogens is 335 g/mol. The number of amides is 1. The van der Waals surface area contributed by atoms with Crippen molar-refractivity contribution in [3.8, 4) is 5.75 Å². The van der Waals surface area contributed by atoms with Crippen LogP contribution in [0, 0.1) is 5.92 Å². The van der Waals surface area contributed by atoms with E-state index in [1.165, 1.54) is 0 Å². The van der Waals surface area contributed by atoms with Crippen LogP contribution in [0.5, 0.6) is 5.75 Å². The lowest BCUT2D eigenvalue weighted by molar-refractivity contribution is -0.131. The van der Waals surface area contributed by atoms with Crippen LogP contribution in [-0.4, -0.2) is 36.0 Å². The number of likely N-dealkylation sites (tertiary alicyclic amines) is 1. The summed E-state index contributed by atoms with van der Waals surface area (Å²) in [5.74, 6) is 1.24. The summed E-state index contributed by atoms with van der Waals surface area (Å²) in [5, 5.41) is 0.987. The quantitative estimate of drug-likeness (QED) is 0.898. The van der Waals surface area contributed by atoms with Crippen molar-refractivity contribution < 1.29 is 9.53 Å². The van der Waals surface area contributed by atoms with Crippen LogP contribution >= 0.6 is 23.2 Å². The normalized spacial score (nSPS) is 27.4. The molecule has 23 heavy (non-hydrogen) atoms. The third-order valence-corrected chi connectivity index (χ3v) is 5.59. The van der Waals surface area contributed by atoms with Crippen LogP contribution in [0.25, 0.3) is 0 Å². The van der Waals surface area contributed by atoms with Crippen molar-refractivity contribution in [2.75, 3.05) is 13.1 Å². The molecule has 3 atom stereocenters. The van der Waals surface area contributed by atoms with Gasteiger partial charge in [0.15, 0.2) is 0 Å². The Hall–Kier alpha value is -0.970. The number of nitrogens with zero attached hydrogens (tertiary/aromatic N) is 1. The average Bonchev–Trinajstić information content (AvgIpc) is 3.13. The van der Waals surface area contributed by atoms with E-state index in [0.29, 0.717) is 34.7 Å². The van der Waals surface area contributed by atoms with Gasteiger partial charge in [0.2, 0.25) is 5.91 Å². The van der Waals surface area contributed by atoms with E-state index in [9.17, 15) is 4.79 Å². The van der Waals surface area contributed by atoms with E-state index in [2.05, 4.69) is 0 Å². The minimum Gasteiger partial charge on any atom is -0.488 e. The highest BCUT2D eigenvalue weighted by Gasteiger charge is 2.32. The maximum absolute atomic E-state index is 12.4. The van der Waals surface area contributed by atoms with Crippen LogP contribution in [-0.2, 0) is 4.79 Å². The highest BCUT2D eigenvalue weighted by Crippen LogP contribution is 2.30. The molecular formula is C17H22Cl2N2O2. The molecule has 2 N–H and O–H groups in total. The molecule has 2 aliphatic rings. The average molecular weight is 357 g/mol. The highest BCUT2D eigenvalue weighted by atomic mass is 35.5. The Morgan fingerprint density at radius 2 is 2.09 bits per heavy atom. The standard InChI is InChI=1S/C17H22Cl2N2O2/c18-14-5-4-12(9-15(14)19)23-13-6-7-21(10-13)17(22)8-11-2-1-3-16(11)20/h4-5,9,11,13,16H,1-3,6-8,10,20H2/t11-,13?,16+/m0/s1. The van der Waals surface area contributed by atoms with E-state index in [4.69, 9.17) is 33.7 Å². The number of ether oxygens (including phenoxy) is 1. The van der Waals surface area contributed by atoms with Crippen molar-refractivity contribution >= 4 is 29.1 Å². The second kappa shape index (κ2) is 7.29. The van der Waals surface area contributed by atoms with Crippen LogP contribution in [0.2, 0.25) is 10.0 Å². The zero-order valence-corrected chi connectivity index (χ0v) is 14.5. The van der Waals surface area contributed by atoms with Gasteiger partial charge < -0.3 is 15.4 Å².